The Labute approximate surface area is 214 Å². The first-order valence-electron chi connectivity index (χ1n) is 11.5. The molecule has 1 saturated heterocycles. The van der Waals surface area contributed by atoms with Crippen LogP contribution in [0.2, 0.25) is 0 Å². The third-order valence-corrected chi connectivity index (χ3v) is 8.35. The van der Waals surface area contributed by atoms with Gasteiger partial charge in [-0.25, -0.2) is 13.2 Å². The van der Waals surface area contributed by atoms with Crippen LogP contribution >= 0.6 is 0 Å². The fourth-order valence-corrected chi connectivity index (χ4v) is 6.48. The first kappa shape index (κ1) is 26.5. The second-order valence-corrected chi connectivity index (χ2v) is 12.0. The van der Waals surface area contributed by atoms with Crippen LogP contribution in [0.1, 0.15) is 38.1 Å². The van der Waals surface area contributed by atoms with E-state index >= 15 is 0 Å². The van der Waals surface area contributed by atoms with Crippen LogP contribution in [0.4, 0.5) is 0 Å². The van der Waals surface area contributed by atoms with E-state index in [1.165, 1.54) is 13.2 Å². The van der Waals surface area contributed by atoms with Crippen molar-refractivity contribution in [2.75, 3.05) is 13.7 Å². The van der Waals surface area contributed by atoms with E-state index < -0.39 is 62.4 Å². The maximum atomic E-state index is 13.7. The highest BCUT2D eigenvalue weighted by molar-refractivity contribution is 7.93. The quantitative estimate of drug-likeness (QED) is 0.408. The summed E-state index contributed by atoms with van der Waals surface area (Å²) >= 11 is 0. The Morgan fingerprint density at radius 1 is 1.03 bits per heavy atom. The first-order valence-corrected chi connectivity index (χ1v) is 13.1. The van der Waals surface area contributed by atoms with Crippen LogP contribution in [0.5, 0.6) is 0 Å². The van der Waals surface area contributed by atoms with E-state index in [0.29, 0.717) is 0 Å². The number of benzene rings is 2. The number of ketones is 1. The Kier molecular flexibility index (Phi) is 6.72. The van der Waals surface area contributed by atoms with Crippen molar-refractivity contribution >= 4 is 44.2 Å². The lowest BCUT2D eigenvalue weighted by atomic mass is 9.85. The molecule has 11 heteroatoms. The maximum absolute atomic E-state index is 13.7. The molecule has 2 aliphatic heterocycles. The van der Waals surface area contributed by atoms with Gasteiger partial charge in [-0.2, -0.15) is 0 Å². The molecule has 2 heterocycles. The highest BCUT2D eigenvalue weighted by atomic mass is 32.2. The van der Waals surface area contributed by atoms with Crippen molar-refractivity contribution in [3.8, 4) is 0 Å². The molecule has 0 spiro atoms. The Balaban J connectivity index is 1.86. The average Bonchev–Trinajstić information content (AvgIpc) is 2.83. The van der Waals surface area contributed by atoms with Crippen LogP contribution in [0.15, 0.2) is 53.7 Å². The fourth-order valence-electron chi connectivity index (χ4n) is 4.35. The largest absolute Gasteiger partial charge is 0.461 e. The Bertz CT molecular complexity index is 1450. The van der Waals surface area contributed by atoms with Crippen LogP contribution in [0.3, 0.4) is 0 Å². The van der Waals surface area contributed by atoms with Crippen LogP contribution in [-0.2, 0) is 38.4 Å². The van der Waals surface area contributed by atoms with Crippen LogP contribution in [0, 0.1) is 5.41 Å². The number of esters is 2. The van der Waals surface area contributed by atoms with Crippen molar-refractivity contribution in [1.82, 2.24) is 4.90 Å². The van der Waals surface area contributed by atoms with Crippen molar-refractivity contribution in [3.05, 3.63) is 59.3 Å². The summed E-state index contributed by atoms with van der Waals surface area (Å²) < 4.78 is 43.1. The lowest BCUT2D eigenvalue weighted by Gasteiger charge is -2.51. The molecule has 0 N–H and O–H groups in total. The molecule has 1 unspecified atom stereocenters. The smallest absolute Gasteiger partial charge is 0.339 e. The Hall–Kier alpha value is -3.57. The van der Waals surface area contributed by atoms with E-state index in [-0.39, 0.29) is 16.8 Å². The monoisotopic (exact) mass is 529 g/mol. The number of sulfone groups is 1. The van der Waals surface area contributed by atoms with Crippen LogP contribution < -0.4 is 0 Å². The number of hydrogen-bond acceptors (Lipinski definition) is 9. The molecular formula is C26H27NO9S. The van der Waals surface area contributed by atoms with E-state index in [2.05, 4.69) is 0 Å². The minimum atomic E-state index is -4.48. The van der Waals surface area contributed by atoms with Gasteiger partial charge in [-0.05, 0) is 22.9 Å². The highest BCUT2D eigenvalue weighted by Gasteiger charge is 2.65. The molecule has 37 heavy (non-hydrogen) atoms. The second-order valence-electron chi connectivity index (χ2n) is 9.88. The molecule has 3 atom stereocenters. The summed E-state index contributed by atoms with van der Waals surface area (Å²) in [5.74, 6) is -3.03. The summed E-state index contributed by atoms with van der Waals surface area (Å²) in [6, 6.07) is 12.0. The number of carbonyl (C=O) groups is 4. The number of hydrogen-bond donors (Lipinski definition) is 0. The van der Waals surface area contributed by atoms with Gasteiger partial charge in [0.25, 0.3) is 5.91 Å². The van der Waals surface area contributed by atoms with Gasteiger partial charge in [-0.3, -0.25) is 19.3 Å². The number of nitrogens with zero attached hydrogens (tertiary/aromatic N) is 1. The molecule has 0 aromatic heterocycles. The molecule has 2 aromatic rings. The summed E-state index contributed by atoms with van der Waals surface area (Å²) in [7, 11) is -3.30. The molecular weight excluding hydrogens is 502 g/mol. The number of methoxy groups -OCH3 is 1. The predicted octanol–water partition coefficient (Wildman–Crippen LogP) is 2.37. The lowest BCUT2D eigenvalue weighted by Crippen LogP contribution is -2.72. The number of ether oxygens (including phenoxy) is 3. The summed E-state index contributed by atoms with van der Waals surface area (Å²) in [4.78, 5) is 52.0. The van der Waals surface area contributed by atoms with Gasteiger partial charge in [-0.15, -0.1) is 0 Å². The Morgan fingerprint density at radius 3 is 2.27 bits per heavy atom. The summed E-state index contributed by atoms with van der Waals surface area (Å²) in [6.45, 7) is 5.22. The molecule has 4 rings (SSSR count). The molecule has 0 bridgehead atoms. The number of fused-ring (bicyclic) bond motifs is 2. The van der Waals surface area contributed by atoms with Crippen molar-refractivity contribution in [3.63, 3.8) is 0 Å². The normalized spacial score (nSPS) is 22.8. The second kappa shape index (κ2) is 9.38. The summed E-state index contributed by atoms with van der Waals surface area (Å²) in [5.41, 5.74) is -3.53. The van der Waals surface area contributed by atoms with E-state index in [0.717, 1.165) is 22.6 Å². The van der Waals surface area contributed by atoms with Crippen molar-refractivity contribution < 1.29 is 41.8 Å². The molecule has 2 aliphatic rings. The maximum Gasteiger partial charge on any atom is 0.339 e. The zero-order chi connectivity index (χ0) is 27.3. The van der Waals surface area contributed by atoms with Gasteiger partial charge in [0.2, 0.25) is 15.3 Å². The van der Waals surface area contributed by atoms with Gasteiger partial charge in [0.15, 0.2) is 17.3 Å². The number of Topliss-reactive ketones (excluding diaryl/α,β-unsaturated/α-hetero) is 1. The van der Waals surface area contributed by atoms with Crippen molar-refractivity contribution in [2.24, 2.45) is 5.41 Å². The van der Waals surface area contributed by atoms with Crippen LogP contribution in [-0.4, -0.2) is 67.6 Å². The molecule has 0 saturated carbocycles. The van der Waals surface area contributed by atoms with Gasteiger partial charge < -0.3 is 14.2 Å². The minimum Gasteiger partial charge on any atom is -0.461 e. The SMILES string of the molecule is CO[C@H]1C(=O)N2C(C(=O)C(C)(C)C)=C(COC(C)=O)C(OC(=O)c3ccc4ccccc4c3)S(=O)(=O)[C@H]12. The van der Waals surface area contributed by atoms with E-state index in [9.17, 15) is 27.6 Å². The lowest BCUT2D eigenvalue weighted by molar-refractivity contribution is -0.161. The van der Waals surface area contributed by atoms with E-state index in [1.807, 2.05) is 12.1 Å². The van der Waals surface area contributed by atoms with Gasteiger partial charge in [0.05, 0.1) is 16.8 Å². The summed E-state index contributed by atoms with van der Waals surface area (Å²) in [6.07, 6.45) is -1.38. The molecule has 196 valence electrons. The first-order chi connectivity index (χ1) is 17.3. The predicted molar refractivity (Wildman–Crippen MR) is 132 cm³/mol. The number of carbonyl (C=O) groups excluding carboxylic acids is 4. The molecule has 1 amide bonds. The number of rotatable bonds is 6. The van der Waals surface area contributed by atoms with Crippen molar-refractivity contribution in [1.29, 1.82) is 0 Å². The van der Waals surface area contributed by atoms with Gasteiger partial charge in [-0.1, -0.05) is 51.1 Å². The van der Waals surface area contributed by atoms with E-state index in [1.54, 1.807) is 45.0 Å². The number of β-lactam (4-membered cyclic amide) rings is 1. The molecule has 0 aliphatic carbocycles. The standard InChI is InChI=1S/C26H27NO9S/c1-14(28)35-13-18-19(21(29)26(2,3)4)27-22(30)20(34-5)23(27)37(32,33)25(18)36-24(31)17-11-10-15-8-6-7-9-16(15)12-17/h6-12,20,23,25H,13H2,1-5H3/t20-,23+,25?/m0/s1. The number of amides is 1. The van der Waals surface area contributed by atoms with E-state index in [4.69, 9.17) is 14.2 Å². The average molecular weight is 530 g/mol. The zero-order valence-electron chi connectivity index (χ0n) is 21.0. The Morgan fingerprint density at radius 2 is 1.68 bits per heavy atom. The minimum absolute atomic E-state index is 0.0832. The molecule has 0 radical (unpaired) electrons. The third kappa shape index (κ3) is 4.53. The van der Waals surface area contributed by atoms with Crippen LogP contribution in [0.25, 0.3) is 10.8 Å². The molecule has 2 aromatic carbocycles. The van der Waals surface area contributed by atoms with Gasteiger partial charge in [0, 0.05) is 19.4 Å². The molecule has 10 nitrogen and oxygen atoms in total. The molecule has 1 fully saturated rings. The number of allylic oxidation sites excluding steroid dienone is 1. The van der Waals surface area contributed by atoms with Gasteiger partial charge >= 0.3 is 11.9 Å². The topological polar surface area (TPSA) is 133 Å². The fraction of sp³-hybridized carbons (Fsp3) is 0.385. The van der Waals surface area contributed by atoms with Crippen molar-refractivity contribution in [2.45, 2.75) is 44.6 Å². The zero-order valence-corrected chi connectivity index (χ0v) is 21.8. The van der Waals surface area contributed by atoms with Gasteiger partial charge in [0.1, 0.15) is 6.61 Å². The summed E-state index contributed by atoms with van der Waals surface area (Å²) in [5, 5.41) is 0.0177. The third-order valence-electron chi connectivity index (χ3n) is 6.24. The highest BCUT2D eigenvalue weighted by Crippen LogP contribution is 2.44.